The monoisotopic (exact) mass is 410 g/mol. The number of hydrogen-bond acceptors (Lipinski definition) is 4. The fraction of sp³-hybridized carbons (Fsp3) is 0.409. The van der Waals surface area contributed by atoms with Crippen molar-refractivity contribution < 1.29 is 9.21 Å². The molecule has 1 amide bonds. The molecular weight excluding hydrogens is 384 g/mol. The number of piperidine rings is 1. The Morgan fingerprint density at radius 3 is 2.62 bits per heavy atom. The Labute approximate surface area is 176 Å². The number of para-hydroxylation sites is 1. The molecule has 0 saturated carbocycles. The van der Waals surface area contributed by atoms with Gasteiger partial charge in [-0.25, -0.2) is 0 Å². The summed E-state index contributed by atoms with van der Waals surface area (Å²) >= 11 is 5.35. The van der Waals surface area contributed by atoms with Gasteiger partial charge in [0.25, 0.3) is 5.91 Å². The molecule has 1 aliphatic carbocycles. The molecule has 0 spiro atoms. The summed E-state index contributed by atoms with van der Waals surface area (Å²) in [5, 5.41) is 8.09. The van der Waals surface area contributed by atoms with Crippen molar-refractivity contribution in [1.82, 2.24) is 10.3 Å². The summed E-state index contributed by atoms with van der Waals surface area (Å²) in [5.41, 5.74) is 6.59. The number of benzene rings is 1. The Morgan fingerprint density at radius 1 is 1.10 bits per heavy atom. The number of hydrogen-bond donors (Lipinski definition) is 2. The largest absolute Gasteiger partial charge is 0.455 e. The van der Waals surface area contributed by atoms with Gasteiger partial charge in [-0.15, -0.1) is 0 Å². The van der Waals surface area contributed by atoms with Crippen LogP contribution in [0.1, 0.15) is 59.5 Å². The molecule has 1 aromatic carbocycles. The summed E-state index contributed by atoms with van der Waals surface area (Å²) in [6.07, 6.45) is 5.91. The van der Waals surface area contributed by atoms with E-state index >= 15 is 0 Å². The average molecular weight is 411 g/mol. The fourth-order valence-electron chi connectivity index (χ4n) is 4.02. The van der Waals surface area contributed by atoms with E-state index in [9.17, 15) is 4.79 Å². The van der Waals surface area contributed by atoms with Gasteiger partial charge in [0.1, 0.15) is 5.76 Å². The Balaban J connectivity index is 1.51. The lowest BCUT2D eigenvalue weighted by molar-refractivity contribution is 0.0689. The molecule has 0 atom stereocenters. The van der Waals surface area contributed by atoms with Crippen molar-refractivity contribution in [3.8, 4) is 0 Å². The van der Waals surface area contributed by atoms with E-state index in [-0.39, 0.29) is 5.91 Å². The quantitative estimate of drug-likeness (QED) is 0.585. The number of likely N-dealkylation sites (tertiary alicyclic amines) is 1. The molecule has 1 aromatic heterocycles. The molecule has 0 bridgehead atoms. The SMILES string of the molecule is Cc1c(C(=O)N2CCCCC2)oc2c1/C(=N/NC(=S)Nc1ccccc1)CCC2. The van der Waals surface area contributed by atoms with E-state index in [4.69, 9.17) is 16.6 Å². The van der Waals surface area contributed by atoms with Crippen LogP contribution in [-0.4, -0.2) is 34.7 Å². The van der Waals surface area contributed by atoms with Crippen molar-refractivity contribution in [2.45, 2.75) is 45.4 Å². The summed E-state index contributed by atoms with van der Waals surface area (Å²) in [6.45, 7) is 3.58. The van der Waals surface area contributed by atoms with Crippen LogP contribution in [0.15, 0.2) is 39.9 Å². The van der Waals surface area contributed by atoms with E-state index in [2.05, 4.69) is 15.8 Å². The zero-order valence-electron chi connectivity index (χ0n) is 16.7. The minimum absolute atomic E-state index is 0.00479. The summed E-state index contributed by atoms with van der Waals surface area (Å²) in [6, 6.07) is 9.73. The van der Waals surface area contributed by atoms with Gasteiger partial charge in [0.2, 0.25) is 0 Å². The van der Waals surface area contributed by atoms with E-state index in [1.54, 1.807) is 0 Å². The number of nitrogens with zero attached hydrogens (tertiary/aromatic N) is 2. The van der Waals surface area contributed by atoms with Gasteiger partial charge >= 0.3 is 0 Å². The average Bonchev–Trinajstić information content (AvgIpc) is 3.10. The number of hydrazone groups is 1. The number of amides is 1. The molecule has 1 saturated heterocycles. The molecule has 6 nitrogen and oxygen atoms in total. The topological polar surface area (TPSA) is 69.9 Å². The number of carbonyl (C=O) groups excluding carboxylic acids is 1. The second-order valence-electron chi connectivity index (χ2n) is 7.55. The normalized spacial score (nSPS) is 17.7. The molecule has 2 N–H and O–H groups in total. The van der Waals surface area contributed by atoms with Crippen LogP contribution in [0.25, 0.3) is 0 Å². The van der Waals surface area contributed by atoms with E-state index in [0.717, 1.165) is 73.5 Å². The number of aryl methyl sites for hydroxylation is 1. The predicted octanol–water partition coefficient (Wildman–Crippen LogP) is 4.24. The van der Waals surface area contributed by atoms with Crippen molar-refractivity contribution in [2.75, 3.05) is 18.4 Å². The predicted molar refractivity (Wildman–Crippen MR) is 118 cm³/mol. The summed E-state index contributed by atoms with van der Waals surface area (Å²) in [4.78, 5) is 14.9. The van der Waals surface area contributed by atoms with E-state index < -0.39 is 0 Å². The maximum Gasteiger partial charge on any atom is 0.289 e. The van der Waals surface area contributed by atoms with Crippen LogP contribution in [0.3, 0.4) is 0 Å². The van der Waals surface area contributed by atoms with E-state index in [0.29, 0.717) is 10.9 Å². The first-order valence-electron chi connectivity index (χ1n) is 10.2. The third-order valence-corrected chi connectivity index (χ3v) is 5.68. The Kier molecular flexibility index (Phi) is 5.94. The van der Waals surface area contributed by atoms with Crippen LogP contribution in [-0.2, 0) is 6.42 Å². The van der Waals surface area contributed by atoms with Crippen LogP contribution in [0.2, 0.25) is 0 Å². The lowest BCUT2D eigenvalue weighted by Gasteiger charge is -2.25. The zero-order chi connectivity index (χ0) is 20.2. The van der Waals surface area contributed by atoms with Crippen LogP contribution >= 0.6 is 12.2 Å². The zero-order valence-corrected chi connectivity index (χ0v) is 17.5. The number of thiocarbonyl (C=S) groups is 1. The molecule has 2 heterocycles. The number of anilines is 1. The molecule has 2 aliphatic rings. The van der Waals surface area contributed by atoms with Gasteiger partial charge in [0.05, 0.1) is 5.71 Å². The number of fused-ring (bicyclic) bond motifs is 1. The van der Waals surface area contributed by atoms with Gasteiger partial charge < -0.3 is 14.6 Å². The van der Waals surface area contributed by atoms with Crippen LogP contribution in [0.5, 0.6) is 0 Å². The molecule has 2 aromatic rings. The van der Waals surface area contributed by atoms with Gasteiger partial charge in [0, 0.05) is 36.3 Å². The van der Waals surface area contributed by atoms with Gasteiger partial charge in [-0.05, 0) is 63.4 Å². The molecule has 0 unspecified atom stereocenters. The van der Waals surface area contributed by atoms with Crippen molar-refractivity contribution >= 4 is 34.6 Å². The minimum atomic E-state index is 0.00479. The van der Waals surface area contributed by atoms with Crippen LogP contribution < -0.4 is 10.7 Å². The first-order chi connectivity index (χ1) is 14.1. The minimum Gasteiger partial charge on any atom is -0.455 e. The summed E-state index contributed by atoms with van der Waals surface area (Å²) in [5.74, 6) is 1.33. The van der Waals surface area contributed by atoms with Crippen molar-refractivity contribution in [3.05, 3.63) is 53.0 Å². The fourth-order valence-corrected chi connectivity index (χ4v) is 4.19. The number of rotatable bonds is 3. The highest BCUT2D eigenvalue weighted by atomic mass is 32.1. The third kappa shape index (κ3) is 4.34. The maximum absolute atomic E-state index is 13.0. The third-order valence-electron chi connectivity index (χ3n) is 5.49. The number of nitrogens with one attached hydrogen (secondary N) is 2. The molecule has 29 heavy (non-hydrogen) atoms. The van der Waals surface area contributed by atoms with Crippen LogP contribution in [0, 0.1) is 6.92 Å². The van der Waals surface area contributed by atoms with Crippen molar-refractivity contribution in [1.29, 1.82) is 0 Å². The molecule has 1 fully saturated rings. The maximum atomic E-state index is 13.0. The second kappa shape index (κ2) is 8.78. The molecule has 4 rings (SSSR count). The van der Waals surface area contributed by atoms with Gasteiger partial charge in [-0.1, -0.05) is 18.2 Å². The Morgan fingerprint density at radius 2 is 1.86 bits per heavy atom. The standard InChI is InChI=1S/C22H26N4O2S/c1-15-19-17(24-25-22(29)23-16-9-4-2-5-10-16)11-8-12-18(19)28-20(15)21(27)26-13-6-3-7-14-26/h2,4-5,9-10H,3,6-8,11-14H2,1H3,(H2,23,25,29)/b24-17+. The summed E-state index contributed by atoms with van der Waals surface area (Å²) < 4.78 is 6.04. The first kappa shape index (κ1) is 19.6. The van der Waals surface area contributed by atoms with Gasteiger partial charge in [-0.3, -0.25) is 10.2 Å². The molecule has 7 heteroatoms. The molecule has 152 valence electrons. The molecule has 0 radical (unpaired) electrons. The summed E-state index contributed by atoms with van der Waals surface area (Å²) in [7, 11) is 0. The second-order valence-corrected chi connectivity index (χ2v) is 7.96. The smallest absolute Gasteiger partial charge is 0.289 e. The highest BCUT2D eigenvalue weighted by molar-refractivity contribution is 7.80. The van der Waals surface area contributed by atoms with E-state index in [1.165, 1.54) is 6.42 Å². The molecule has 1 aliphatic heterocycles. The van der Waals surface area contributed by atoms with E-state index in [1.807, 2.05) is 42.2 Å². The number of furan rings is 1. The van der Waals surface area contributed by atoms with Gasteiger partial charge in [0.15, 0.2) is 10.9 Å². The lowest BCUT2D eigenvalue weighted by Crippen LogP contribution is -2.35. The van der Waals surface area contributed by atoms with Crippen LogP contribution in [0.4, 0.5) is 5.69 Å². The van der Waals surface area contributed by atoms with Crippen molar-refractivity contribution in [3.63, 3.8) is 0 Å². The highest BCUT2D eigenvalue weighted by Crippen LogP contribution is 2.31. The number of carbonyl (C=O) groups is 1. The lowest BCUT2D eigenvalue weighted by atomic mass is 9.93. The highest BCUT2D eigenvalue weighted by Gasteiger charge is 2.30. The Hall–Kier alpha value is -2.67. The van der Waals surface area contributed by atoms with Crippen molar-refractivity contribution in [2.24, 2.45) is 5.10 Å². The first-order valence-corrected chi connectivity index (χ1v) is 10.6. The Bertz CT molecular complexity index is 930. The van der Waals surface area contributed by atoms with Gasteiger partial charge in [-0.2, -0.15) is 5.10 Å². The molecular formula is C22H26N4O2S.